The lowest BCUT2D eigenvalue weighted by Gasteiger charge is -2.33. The molecule has 1 aliphatic rings. The maximum atomic E-state index is 5.89. The van der Waals surface area contributed by atoms with Crippen LogP contribution in [0.3, 0.4) is 0 Å². The van der Waals surface area contributed by atoms with Crippen LogP contribution in [0.1, 0.15) is 44.2 Å². The number of aryl methyl sites for hydroxylation is 1. The summed E-state index contributed by atoms with van der Waals surface area (Å²) in [6.07, 6.45) is 5.00. The van der Waals surface area contributed by atoms with Gasteiger partial charge in [-0.15, -0.1) is 0 Å². The Labute approximate surface area is 118 Å². The van der Waals surface area contributed by atoms with Crippen LogP contribution in [0.25, 0.3) is 0 Å². The van der Waals surface area contributed by atoms with Gasteiger partial charge in [-0.1, -0.05) is 19.4 Å². The lowest BCUT2D eigenvalue weighted by Crippen LogP contribution is -2.33. The molecule has 1 fully saturated rings. The Morgan fingerprint density at radius 2 is 2.00 bits per heavy atom. The highest BCUT2D eigenvalue weighted by molar-refractivity contribution is 5.51. The molecule has 0 bridgehead atoms. The number of benzene rings is 1. The van der Waals surface area contributed by atoms with Crippen LogP contribution in [-0.2, 0) is 6.42 Å². The molecule has 0 aromatic heterocycles. The van der Waals surface area contributed by atoms with E-state index in [1.54, 1.807) is 0 Å². The summed E-state index contributed by atoms with van der Waals surface area (Å²) >= 11 is 0. The molecule has 2 N–H and O–H groups in total. The van der Waals surface area contributed by atoms with Crippen LogP contribution in [0.4, 0.5) is 5.69 Å². The van der Waals surface area contributed by atoms with Gasteiger partial charge in [-0.3, -0.25) is 0 Å². The molecule has 0 spiro atoms. The third-order valence-corrected chi connectivity index (χ3v) is 4.43. The topological polar surface area (TPSA) is 29.3 Å². The Morgan fingerprint density at radius 1 is 1.32 bits per heavy atom. The minimum absolute atomic E-state index is 0.241. The Morgan fingerprint density at radius 3 is 2.53 bits per heavy atom. The quantitative estimate of drug-likeness (QED) is 0.897. The van der Waals surface area contributed by atoms with Crippen LogP contribution in [-0.4, -0.2) is 19.1 Å². The second-order valence-electron chi connectivity index (χ2n) is 6.13. The molecule has 1 heterocycles. The van der Waals surface area contributed by atoms with Crippen LogP contribution < -0.4 is 10.6 Å². The Bertz CT molecular complexity index is 404. The van der Waals surface area contributed by atoms with Crippen molar-refractivity contribution in [3.8, 4) is 0 Å². The van der Waals surface area contributed by atoms with Crippen LogP contribution in [0, 0.1) is 12.8 Å². The first kappa shape index (κ1) is 14.4. The Balaban J connectivity index is 2.04. The molecule has 1 aromatic carbocycles. The molecule has 2 nitrogen and oxygen atoms in total. The molecule has 1 unspecified atom stereocenters. The van der Waals surface area contributed by atoms with Crippen LogP contribution in [0.15, 0.2) is 18.2 Å². The average Bonchev–Trinajstić information content (AvgIpc) is 2.41. The first-order chi connectivity index (χ1) is 9.10. The van der Waals surface area contributed by atoms with Gasteiger partial charge in [-0.2, -0.15) is 0 Å². The summed E-state index contributed by atoms with van der Waals surface area (Å²) in [5, 5.41) is 0. The van der Waals surface area contributed by atoms with Crippen LogP contribution in [0.5, 0.6) is 0 Å². The molecule has 0 radical (unpaired) electrons. The van der Waals surface area contributed by atoms with Gasteiger partial charge in [-0.25, -0.2) is 0 Å². The molecule has 1 aromatic rings. The van der Waals surface area contributed by atoms with Crippen molar-refractivity contribution >= 4 is 5.69 Å². The highest BCUT2D eigenvalue weighted by Gasteiger charge is 2.18. The van der Waals surface area contributed by atoms with Crippen molar-refractivity contribution in [2.75, 3.05) is 18.0 Å². The third kappa shape index (κ3) is 3.73. The van der Waals surface area contributed by atoms with Crippen molar-refractivity contribution in [3.63, 3.8) is 0 Å². The number of rotatable bonds is 4. The van der Waals surface area contributed by atoms with Crippen LogP contribution >= 0.6 is 0 Å². The second kappa shape index (κ2) is 6.42. The predicted octanol–water partition coefficient (Wildman–Crippen LogP) is 3.51. The van der Waals surface area contributed by atoms with E-state index in [1.165, 1.54) is 49.2 Å². The number of piperidine rings is 1. The van der Waals surface area contributed by atoms with Gasteiger partial charge in [-0.05, 0) is 62.3 Å². The fourth-order valence-electron chi connectivity index (χ4n) is 3.05. The molecule has 1 saturated heterocycles. The first-order valence-corrected chi connectivity index (χ1v) is 7.70. The molecular weight excluding hydrogens is 232 g/mol. The number of hydrogen-bond acceptors (Lipinski definition) is 2. The zero-order chi connectivity index (χ0) is 13.8. The lowest BCUT2D eigenvalue weighted by atomic mass is 9.93. The summed E-state index contributed by atoms with van der Waals surface area (Å²) in [6, 6.07) is 7.12. The molecule has 0 amide bonds. The van der Waals surface area contributed by atoms with E-state index < -0.39 is 0 Å². The number of hydrogen-bond donors (Lipinski definition) is 1. The van der Waals surface area contributed by atoms with Gasteiger partial charge in [0.25, 0.3) is 0 Å². The van der Waals surface area contributed by atoms with E-state index >= 15 is 0 Å². The number of nitrogens with zero attached hydrogens (tertiary/aromatic N) is 1. The normalized spacial score (nSPS) is 18.6. The van der Waals surface area contributed by atoms with E-state index in [0.717, 1.165) is 12.3 Å². The molecule has 2 heteroatoms. The molecular formula is C17H28N2. The van der Waals surface area contributed by atoms with Crippen LogP contribution in [0.2, 0.25) is 0 Å². The van der Waals surface area contributed by atoms with E-state index in [1.807, 2.05) is 0 Å². The standard InChI is InChI=1S/C17H28N2/c1-4-15-7-9-19(10-8-15)17-6-5-16(12-14(3)18)13(2)11-17/h5-6,11,14-15H,4,7-10,12,18H2,1-3H3. The molecule has 0 saturated carbocycles. The Hall–Kier alpha value is -1.02. The maximum Gasteiger partial charge on any atom is 0.0369 e. The van der Waals surface area contributed by atoms with Gasteiger partial charge >= 0.3 is 0 Å². The summed E-state index contributed by atoms with van der Waals surface area (Å²) in [6.45, 7) is 9.02. The van der Waals surface area contributed by atoms with Gasteiger partial charge in [0.1, 0.15) is 0 Å². The monoisotopic (exact) mass is 260 g/mol. The van der Waals surface area contributed by atoms with Gasteiger partial charge in [0.05, 0.1) is 0 Å². The molecule has 2 rings (SSSR count). The van der Waals surface area contributed by atoms with Crippen molar-refractivity contribution in [2.24, 2.45) is 11.7 Å². The number of anilines is 1. The molecule has 0 aliphatic carbocycles. The largest absolute Gasteiger partial charge is 0.372 e. The molecule has 106 valence electrons. The van der Waals surface area contributed by atoms with Crippen molar-refractivity contribution < 1.29 is 0 Å². The van der Waals surface area contributed by atoms with Gasteiger partial charge < -0.3 is 10.6 Å². The zero-order valence-electron chi connectivity index (χ0n) is 12.7. The maximum absolute atomic E-state index is 5.89. The smallest absolute Gasteiger partial charge is 0.0369 e. The Kier molecular flexibility index (Phi) is 4.87. The zero-order valence-corrected chi connectivity index (χ0v) is 12.7. The predicted molar refractivity (Wildman–Crippen MR) is 83.8 cm³/mol. The van der Waals surface area contributed by atoms with Gasteiger partial charge in [0, 0.05) is 24.8 Å². The van der Waals surface area contributed by atoms with E-state index in [9.17, 15) is 0 Å². The number of nitrogens with two attached hydrogens (primary N) is 1. The highest BCUT2D eigenvalue weighted by Crippen LogP contribution is 2.26. The van der Waals surface area contributed by atoms with Crippen molar-refractivity contribution in [2.45, 2.75) is 52.5 Å². The fourth-order valence-corrected chi connectivity index (χ4v) is 3.05. The SMILES string of the molecule is CCC1CCN(c2ccc(CC(C)N)c(C)c2)CC1. The summed E-state index contributed by atoms with van der Waals surface area (Å²) in [5.41, 5.74) is 10.1. The minimum Gasteiger partial charge on any atom is -0.372 e. The van der Waals surface area contributed by atoms with Crippen molar-refractivity contribution in [1.29, 1.82) is 0 Å². The van der Waals surface area contributed by atoms with Gasteiger partial charge in [0.2, 0.25) is 0 Å². The fraction of sp³-hybridized carbons (Fsp3) is 0.647. The third-order valence-electron chi connectivity index (χ3n) is 4.43. The summed E-state index contributed by atoms with van der Waals surface area (Å²) in [4.78, 5) is 2.54. The van der Waals surface area contributed by atoms with Crippen molar-refractivity contribution in [1.82, 2.24) is 0 Å². The average molecular weight is 260 g/mol. The molecule has 19 heavy (non-hydrogen) atoms. The molecule has 1 aliphatic heterocycles. The van der Waals surface area contributed by atoms with E-state index in [4.69, 9.17) is 5.73 Å². The van der Waals surface area contributed by atoms with Crippen molar-refractivity contribution in [3.05, 3.63) is 29.3 Å². The summed E-state index contributed by atoms with van der Waals surface area (Å²) in [7, 11) is 0. The summed E-state index contributed by atoms with van der Waals surface area (Å²) in [5.74, 6) is 0.940. The van der Waals surface area contributed by atoms with E-state index in [-0.39, 0.29) is 6.04 Å². The minimum atomic E-state index is 0.241. The van der Waals surface area contributed by atoms with E-state index in [0.29, 0.717) is 0 Å². The highest BCUT2D eigenvalue weighted by atomic mass is 15.1. The lowest BCUT2D eigenvalue weighted by molar-refractivity contribution is 0.395. The molecule has 1 atom stereocenters. The summed E-state index contributed by atoms with van der Waals surface area (Å²) < 4.78 is 0. The van der Waals surface area contributed by atoms with Gasteiger partial charge in [0.15, 0.2) is 0 Å². The van der Waals surface area contributed by atoms with E-state index in [2.05, 4.69) is 43.9 Å². The first-order valence-electron chi connectivity index (χ1n) is 7.70. The second-order valence-corrected chi connectivity index (χ2v) is 6.13.